The number of hydrogen-bond acceptors (Lipinski definition) is 2. The first-order chi connectivity index (χ1) is 6.45. The highest BCUT2D eigenvalue weighted by atomic mass is 16.3. The molecule has 14 heavy (non-hydrogen) atoms. The average molecular weight is 193 g/mol. The van der Waals surface area contributed by atoms with E-state index in [9.17, 15) is 0 Å². The predicted molar refractivity (Wildman–Crippen MR) is 59.2 cm³/mol. The highest BCUT2D eigenvalue weighted by Crippen LogP contribution is 2.23. The Morgan fingerprint density at radius 1 is 1.21 bits per heavy atom. The molecular formula is C12H19NO. The van der Waals surface area contributed by atoms with Crippen molar-refractivity contribution >= 4 is 0 Å². The monoisotopic (exact) mass is 193 g/mol. The lowest BCUT2D eigenvalue weighted by molar-refractivity contribution is 0.247. The molecular weight excluding hydrogens is 174 g/mol. The van der Waals surface area contributed by atoms with Crippen LogP contribution >= 0.6 is 0 Å². The van der Waals surface area contributed by atoms with Crippen LogP contribution in [0.25, 0.3) is 0 Å². The van der Waals surface area contributed by atoms with Crippen LogP contribution in [0.3, 0.4) is 0 Å². The van der Waals surface area contributed by atoms with Crippen LogP contribution in [0.2, 0.25) is 0 Å². The topological polar surface area (TPSA) is 46.2 Å². The maximum atomic E-state index is 8.92. The predicted octanol–water partition coefficient (Wildman–Crippen LogP) is 1.86. The van der Waals surface area contributed by atoms with Gasteiger partial charge < -0.3 is 10.8 Å². The molecule has 0 spiro atoms. The molecule has 0 radical (unpaired) electrons. The fourth-order valence-corrected chi connectivity index (χ4v) is 1.68. The molecule has 1 atom stereocenters. The number of rotatable bonds is 3. The minimum Gasteiger partial charge on any atom is -0.396 e. The van der Waals surface area contributed by atoms with Gasteiger partial charge in [-0.05, 0) is 32.8 Å². The fourth-order valence-electron chi connectivity index (χ4n) is 1.68. The molecule has 1 rings (SSSR count). The van der Waals surface area contributed by atoms with E-state index < -0.39 is 5.54 Å². The van der Waals surface area contributed by atoms with Gasteiger partial charge in [0.15, 0.2) is 0 Å². The zero-order chi connectivity index (χ0) is 10.8. The molecule has 0 amide bonds. The molecule has 1 aromatic carbocycles. The van der Waals surface area contributed by atoms with E-state index in [4.69, 9.17) is 10.8 Å². The van der Waals surface area contributed by atoms with Crippen molar-refractivity contribution in [1.29, 1.82) is 0 Å². The van der Waals surface area contributed by atoms with Crippen LogP contribution in [0, 0.1) is 13.8 Å². The standard InChI is InChI=1S/C12H19NO/c1-9-6-10(2)8-11(7-9)12(3,13)4-5-14/h6-8,14H,4-5,13H2,1-3H3/t12-/m1/s1. The molecule has 2 nitrogen and oxygen atoms in total. The van der Waals surface area contributed by atoms with Gasteiger partial charge in [0.1, 0.15) is 0 Å². The molecule has 0 saturated carbocycles. The van der Waals surface area contributed by atoms with E-state index in [1.807, 2.05) is 6.92 Å². The Morgan fingerprint density at radius 2 is 1.71 bits per heavy atom. The lowest BCUT2D eigenvalue weighted by Crippen LogP contribution is -2.34. The van der Waals surface area contributed by atoms with Gasteiger partial charge in [0.25, 0.3) is 0 Å². The van der Waals surface area contributed by atoms with E-state index in [0.717, 1.165) is 5.56 Å². The van der Waals surface area contributed by atoms with E-state index in [1.54, 1.807) is 0 Å². The van der Waals surface area contributed by atoms with Crippen molar-refractivity contribution in [2.75, 3.05) is 6.61 Å². The van der Waals surface area contributed by atoms with Gasteiger partial charge in [-0.25, -0.2) is 0 Å². The zero-order valence-corrected chi connectivity index (χ0v) is 9.17. The van der Waals surface area contributed by atoms with Crippen LogP contribution in [0.15, 0.2) is 18.2 Å². The Morgan fingerprint density at radius 3 is 2.14 bits per heavy atom. The molecule has 0 bridgehead atoms. The quantitative estimate of drug-likeness (QED) is 0.769. The first kappa shape index (κ1) is 11.2. The maximum absolute atomic E-state index is 8.92. The Labute approximate surface area is 85.8 Å². The summed E-state index contributed by atoms with van der Waals surface area (Å²) in [5.74, 6) is 0. The summed E-state index contributed by atoms with van der Waals surface area (Å²) in [7, 11) is 0. The number of benzene rings is 1. The molecule has 0 unspecified atom stereocenters. The molecule has 78 valence electrons. The Hall–Kier alpha value is -0.860. The van der Waals surface area contributed by atoms with Gasteiger partial charge in [-0.15, -0.1) is 0 Å². The van der Waals surface area contributed by atoms with Crippen molar-refractivity contribution in [3.05, 3.63) is 34.9 Å². The second-order valence-electron chi connectivity index (χ2n) is 4.27. The van der Waals surface area contributed by atoms with Crippen LogP contribution in [-0.4, -0.2) is 11.7 Å². The molecule has 0 aliphatic rings. The van der Waals surface area contributed by atoms with Crippen LogP contribution < -0.4 is 5.73 Å². The normalized spacial score (nSPS) is 15.2. The highest BCUT2D eigenvalue weighted by molar-refractivity contribution is 5.32. The molecule has 0 heterocycles. The Balaban J connectivity index is 3.05. The van der Waals surface area contributed by atoms with Crippen LogP contribution in [0.4, 0.5) is 0 Å². The minimum atomic E-state index is -0.425. The van der Waals surface area contributed by atoms with E-state index in [0.29, 0.717) is 6.42 Å². The zero-order valence-electron chi connectivity index (χ0n) is 9.17. The Bertz CT molecular complexity index is 298. The number of hydrogen-bond donors (Lipinski definition) is 2. The van der Waals surface area contributed by atoms with Crippen LogP contribution in [0.1, 0.15) is 30.0 Å². The van der Waals surface area contributed by atoms with E-state index in [-0.39, 0.29) is 6.61 Å². The van der Waals surface area contributed by atoms with Gasteiger partial charge in [-0.2, -0.15) is 0 Å². The van der Waals surface area contributed by atoms with Crippen molar-refractivity contribution < 1.29 is 5.11 Å². The van der Waals surface area contributed by atoms with Crippen LogP contribution in [0.5, 0.6) is 0 Å². The molecule has 2 heteroatoms. The minimum absolute atomic E-state index is 0.125. The largest absolute Gasteiger partial charge is 0.396 e. The van der Waals surface area contributed by atoms with Gasteiger partial charge >= 0.3 is 0 Å². The third kappa shape index (κ3) is 2.56. The molecule has 0 aromatic heterocycles. The van der Waals surface area contributed by atoms with Crippen molar-refractivity contribution in [3.63, 3.8) is 0 Å². The van der Waals surface area contributed by atoms with Crippen molar-refractivity contribution in [2.24, 2.45) is 5.73 Å². The average Bonchev–Trinajstić information content (AvgIpc) is 2.02. The fraction of sp³-hybridized carbons (Fsp3) is 0.500. The summed E-state index contributed by atoms with van der Waals surface area (Å²) in [4.78, 5) is 0. The summed E-state index contributed by atoms with van der Waals surface area (Å²) < 4.78 is 0. The van der Waals surface area contributed by atoms with Crippen molar-refractivity contribution in [1.82, 2.24) is 0 Å². The highest BCUT2D eigenvalue weighted by Gasteiger charge is 2.20. The number of aliphatic hydroxyl groups is 1. The lowest BCUT2D eigenvalue weighted by atomic mass is 9.88. The van der Waals surface area contributed by atoms with Crippen molar-refractivity contribution in [3.8, 4) is 0 Å². The molecule has 0 aliphatic heterocycles. The summed E-state index contributed by atoms with van der Waals surface area (Å²) in [5.41, 5.74) is 9.24. The van der Waals surface area contributed by atoms with Gasteiger partial charge in [0.2, 0.25) is 0 Å². The molecule has 0 saturated heterocycles. The van der Waals surface area contributed by atoms with Gasteiger partial charge in [0.05, 0.1) is 0 Å². The van der Waals surface area contributed by atoms with E-state index >= 15 is 0 Å². The summed E-state index contributed by atoms with van der Waals surface area (Å²) in [6, 6.07) is 6.30. The summed E-state index contributed by atoms with van der Waals surface area (Å²) >= 11 is 0. The third-order valence-electron chi connectivity index (χ3n) is 2.51. The first-order valence-electron chi connectivity index (χ1n) is 4.94. The molecule has 0 fully saturated rings. The van der Waals surface area contributed by atoms with Gasteiger partial charge in [-0.3, -0.25) is 0 Å². The first-order valence-corrected chi connectivity index (χ1v) is 4.94. The number of nitrogens with two attached hydrogens (primary N) is 1. The van der Waals surface area contributed by atoms with Gasteiger partial charge in [-0.1, -0.05) is 29.3 Å². The molecule has 1 aromatic rings. The maximum Gasteiger partial charge on any atom is 0.0451 e. The second-order valence-corrected chi connectivity index (χ2v) is 4.27. The summed E-state index contributed by atoms with van der Waals surface area (Å²) in [5, 5.41) is 8.92. The Kier molecular flexibility index (Phi) is 3.29. The van der Waals surface area contributed by atoms with E-state index in [1.165, 1.54) is 11.1 Å². The smallest absolute Gasteiger partial charge is 0.0451 e. The second kappa shape index (κ2) is 4.11. The lowest BCUT2D eigenvalue weighted by Gasteiger charge is -2.25. The van der Waals surface area contributed by atoms with Crippen LogP contribution in [-0.2, 0) is 5.54 Å². The number of aliphatic hydroxyl groups excluding tert-OH is 1. The number of aryl methyl sites for hydroxylation is 2. The van der Waals surface area contributed by atoms with E-state index in [2.05, 4.69) is 32.0 Å². The SMILES string of the molecule is Cc1cc(C)cc([C@](C)(N)CCO)c1. The van der Waals surface area contributed by atoms with Crippen molar-refractivity contribution in [2.45, 2.75) is 32.7 Å². The third-order valence-corrected chi connectivity index (χ3v) is 2.51. The summed E-state index contributed by atoms with van der Waals surface area (Å²) in [6.45, 7) is 6.20. The summed E-state index contributed by atoms with van der Waals surface area (Å²) in [6.07, 6.45) is 0.593. The van der Waals surface area contributed by atoms with Gasteiger partial charge in [0, 0.05) is 12.1 Å². The molecule has 0 aliphatic carbocycles. The molecule has 3 N–H and O–H groups in total.